The van der Waals surface area contributed by atoms with Crippen molar-refractivity contribution in [2.75, 3.05) is 20.3 Å². The van der Waals surface area contributed by atoms with Gasteiger partial charge in [-0.05, 0) is 48.7 Å². The molecule has 0 aliphatic heterocycles. The third-order valence-electron chi connectivity index (χ3n) is 5.28. The Kier molecular flexibility index (Phi) is 8.33. The van der Waals surface area contributed by atoms with Crippen LogP contribution >= 0.6 is 0 Å². The lowest BCUT2D eigenvalue weighted by Gasteiger charge is -2.19. The van der Waals surface area contributed by atoms with Crippen molar-refractivity contribution >= 4 is 0 Å². The molecule has 0 radical (unpaired) electrons. The molecule has 0 amide bonds. The normalized spacial score (nSPS) is 13.1. The van der Waals surface area contributed by atoms with Gasteiger partial charge >= 0.3 is 12.4 Å². The Balaban J connectivity index is 1.74. The molecule has 0 aliphatic carbocycles. The van der Waals surface area contributed by atoms with Crippen molar-refractivity contribution in [3.63, 3.8) is 0 Å². The van der Waals surface area contributed by atoms with Gasteiger partial charge in [0.2, 0.25) is 0 Å². The SMILES string of the molecule is COC[C@H](Cc1ccccc1)NCCc1ccc(-c2ccc(C(F)(F)F)cc2)nc1C(F)(F)F. The van der Waals surface area contributed by atoms with Gasteiger partial charge < -0.3 is 10.1 Å². The van der Waals surface area contributed by atoms with Gasteiger partial charge in [0.25, 0.3) is 0 Å². The van der Waals surface area contributed by atoms with Gasteiger partial charge in [0.1, 0.15) is 5.69 Å². The zero-order valence-corrected chi connectivity index (χ0v) is 18.4. The molecule has 1 aromatic heterocycles. The van der Waals surface area contributed by atoms with E-state index in [4.69, 9.17) is 4.74 Å². The van der Waals surface area contributed by atoms with Crippen molar-refractivity contribution in [1.82, 2.24) is 10.3 Å². The maximum Gasteiger partial charge on any atom is 0.433 e. The highest BCUT2D eigenvalue weighted by Gasteiger charge is 2.36. The van der Waals surface area contributed by atoms with Crippen LogP contribution in [0.5, 0.6) is 0 Å². The van der Waals surface area contributed by atoms with Gasteiger partial charge in [-0.25, -0.2) is 4.98 Å². The van der Waals surface area contributed by atoms with Crippen molar-refractivity contribution in [3.05, 3.63) is 89.1 Å². The van der Waals surface area contributed by atoms with E-state index in [2.05, 4.69) is 10.3 Å². The number of methoxy groups -OCH3 is 1. The molecule has 34 heavy (non-hydrogen) atoms. The highest BCUT2D eigenvalue weighted by Crippen LogP contribution is 2.34. The Morgan fingerprint density at radius 3 is 2.12 bits per heavy atom. The van der Waals surface area contributed by atoms with Crippen molar-refractivity contribution in [2.45, 2.75) is 31.2 Å². The molecule has 3 rings (SSSR count). The van der Waals surface area contributed by atoms with Gasteiger partial charge in [-0.15, -0.1) is 0 Å². The quantitative estimate of drug-likeness (QED) is 0.370. The number of nitrogens with one attached hydrogen (secondary N) is 1. The molecule has 0 saturated heterocycles. The number of nitrogens with zero attached hydrogens (tertiary/aromatic N) is 1. The molecule has 182 valence electrons. The van der Waals surface area contributed by atoms with Crippen LogP contribution in [-0.4, -0.2) is 31.3 Å². The predicted octanol–water partition coefficient (Wildman–Crippen LogP) is 6.18. The fourth-order valence-corrected chi connectivity index (χ4v) is 3.63. The van der Waals surface area contributed by atoms with Crippen LogP contribution < -0.4 is 5.32 Å². The fourth-order valence-electron chi connectivity index (χ4n) is 3.63. The van der Waals surface area contributed by atoms with E-state index in [9.17, 15) is 26.3 Å². The predicted molar refractivity (Wildman–Crippen MR) is 117 cm³/mol. The third kappa shape index (κ3) is 7.04. The number of hydrogen-bond donors (Lipinski definition) is 1. The number of rotatable bonds is 9. The highest BCUT2D eigenvalue weighted by molar-refractivity contribution is 5.60. The number of ether oxygens (including phenoxy) is 1. The number of benzene rings is 2. The van der Waals surface area contributed by atoms with E-state index >= 15 is 0 Å². The molecule has 0 aliphatic rings. The lowest BCUT2D eigenvalue weighted by atomic mass is 10.0. The van der Waals surface area contributed by atoms with Gasteiger partial charge in [0, 0.05) is 18.7 Å². The minimum atomic E-state index is -4.70. The summed E-state index contributed by atoms with van der Waals surface area (Å²) < 4.78 is 84.6. The zero-order chi connectivity index (χ0) is 24.8. The average Bonchev–Trinajstić information content (AvgIpc) is 2.79. The first-order chi connectivity index (χ1) is 16.1. The summed E-state index contributed by atoms with van der Waals surface area (Å²) in [5.41, 5.74) is -0.707. The second-order valence-electron chi connectivity index (χ2n) is 7.82. The second kappa shape index (κ2) is 11.0. The van der Waals surface area contributed by atoms with Gasteiger partial charge in [-0.3, -0.25) is 0 Å². The first-order valence-electron chi connectivity index (χ1n) is 10.6. The summed E-state index contributed by atoms with van der Waals surface area (Å²) in [6.07, 6.45) is -8.50. The molecule has 9 heteroatoms. The monoisotopic (exact) mass is 482 g/mol. The molecular formula is C25H24F6N2O. The smallest absolute Gasteiger partial charge is 0.383 e. The Labute approximate surface area is 193 Å². The molecule has 0 bridgehead atoms. The zero-order valence-electron chi connectivity index (χ0n) is 18.4. The van der Waals surface area contributed by atoms with Crippen LogP contribution in [0.4, 0.5) is 26.3 Å². The first-order valence-corrected chi connectivity index (χ1v) is 10.6. The van der Waals surface area contributed by atoms with Crippen LogP contribution in [0.2, 0.25) is 0 Å². The molecule has 0 unspecified atom stereocenters. The maximum atomic E-state index is 13.7. The van der Waals surface area contributed by atoms with Crippen LogP contribution in [0.1, 0.15) is 22.4 Å². The molecule has 1 N–H and O–H groups in total. The van der Waals surface area contributed by atoms with Crippen LogP contribution in [0.15, 0.2) is 66.7 Å². The number of pyridine rings is 1. The molecule has 0 saturated carbocycles. The van der Waals surface area contributed by atoms with Crippen molar-refractivity contribution in [1.29, 1.82) is 0 Å². The molecule has 0 fully saturated rings. The summed E-state index contributed by atoms with van der Waals surface area (Å²) in [5, 5.41) is 3.24. The van der Waals surface area contributed by atoms with E-state index < -0.39 is 23.6 Å². The molecule has 0 spiro atoms. The third-order valence-corrected chi connectivity index (χ3v) is 5.28. The molecule has 1 heterocycles. The van der Waals surface area contributed by atoms with Crippen molar-refractivity contribution in [3.8, 4) is 11.3 Å². The van der Waals surface area contributed by atoms with Crippen LogP contribution in [-0.2, 0) is 29.9 Å². The fraction of sp³-hybridized carbons (Fsp3) is 0.320. The largest absolute Gasteiger partial charge is 0.433 e. The Morgan fingerprint density at radius 2 is 1.53 bits per heavy atom. The second-order valence-corrected chi connectivity index (χ2v) is 7.82. The lowest BCUT2D eigenvalue weighted by molar-refractivity contribution is -0.141. The van der Waals surface area contributed by atoms with E-state index in [1.54, 1.807) is 7.11 Å². The first kappa shape index (κ1) is 25.7. The summed E-state index contributed by atoms with van der Waals surface area (Å²) in [6, 6.07) is 16.2. The maximum absolute atomic E-state index is 13.7. The highest BCUT2D eigenvalue weighted by atomic mass is 19.4. The van der Waals surface area contributed by atoms with E-state index in [0.717, 1.165) is 29.8 Å². The van der Waals surface area contributed by atoms with Crippen molar-refractivity contribution in [2.24, 2.45) is 0 Å². The summed E-state index contributed by atoms with van der Waals surface area (Å²) in [7, 11) is 1.56. The van der Waals surface area contributed by atoms with E-state index in [-0.39, 0.29) is 35.8 Å². The average molecular weight is 482 g/mol. The summed E-state index contributed by atoms with van der Waals surface area (Å²) >= 11 is 0. The van der Waals surface area contributed by atoms with E-state index in [0.29, 0.717) is 13.0 Å². The Bertz CT molecular complexity index is 1050. The topological polar surface area (TPSA) is 34.1 Å². The van der Waals surface area contributed by atoms with Crippen LogP contribution in [0.25, 0.3) is 11.3 Å². The van der Waals surface area contributed by atoms with Crippen molar-refractivity contribution < 1.29 is 31.1 Å². The summed E-state index contributed by atoms with van der Waals surface area (Å²) in [4.78, 5) is 3.75. The molecule has 3 aromatic rings. The summed E-state index contributed by atoms with van der Waals surface area (Å²) in [5.74, 6) is 0. The standard InChI is InChI=1S/C25H24F6N2O/c1-34-16-21(15-17-5-3-2-4-6-17)32-14-13-19-9-12-22(33-23(19)25(29,30)31)18-7-10-20(11-8-18)24(26,27)28/h2-12,21,32H,13-16H2,1H3/t21-/m0/s1. The van der Waals surface area contributed by atoms with Gasteiger partial charge in [-0.1, -0.05) is 48.5 Å². The molecule has 1 atom stereocenters. The Hall–Kier alpha value is -2.91. The van der Waals surface area contributed by atoms with E-state index in [1.165, 1.54) is 12.1 Å². The number of alkyl halides is 6. The minimum absolute atomic E-state index is 0.00606. The van der Waals surface area contributed by atoms with Crippen LogP contribution in [0.3, 0.4) is 0 Å². The number of halogens is 6. The van der Waals surface area contributed by atoms with Gasteiger partial charge in [0.05, 0.1) is 17.9 Å². The summed E-state index contributed by atoms with van der Waals surface area (Å²) in [6.45, 7) is 0.664. The van der Waals surface area contributed by atoms with Gasteiger partial charge in [0.15, 0.2) is 0 Å². The molecule has 2 aromatic carbocycles. The minimum Gasteiger partial charge on any atom is -0.383 e. The Morgan fingerprint density at radius 1 is 0.853 bits per heavy atom. The molecular weight excluding hydrogens is 458 g/mol. The van der Waals surface area contributed by atoms with Gasteiger partial charge in [-0.2, -0.15) is 26.3 Å². The van der Waals surface area contributed by atoms with Crippen LogP contribution in [0, 0.1) is 0 Å². The number of hydrogen-bond acceptors (Lipinski definition) is 3. The number of aromatic nitrogens is 1. The molecule has 3 nitrogen and oxygen atoms in total. The lowest BCUT2D eigenvalue weighted by Crippen LogP contribution is -2.36. The van der Waals surface area contributed by atoms with E-state index in [1.807, 2.05) is 30.3 Å².